The first-order valence-electron chi connectivity index (χ1n) is 8.04. The fourth-order valence-electron chi connectivity index (χ4n) is 2.30. The van der Waals surface area contributed by atoms with Gasteiger partial charge in [0.25, 0.3) is 5.91 Å². The summed E-state index contributed by atoms with van der Waals surface area (Å²) < 4.78 is 9.54. The Bertz CT molecular complexity index is 643. The van der Waals surface area contributed by atoms with Crippen molar-refractivity contribution in [3.63, 3.8) is 0 Å². The van der Waals surface area contributed by atoms with Gasteiger partial charge in [0.15, 0.2) is 0 Å². The molecule has 130 valence electrons. The van der Waals surface area contributed by atoms with E-state index in [2.05, 4.69) is 14.9 Å². The van der Waals surface area contributed by atoms with Crippen LogP contribution in [0, 0.1) is 6.92 Å². The van der Waals surface area contributed by atoms with Gasteiger partial charge in [-0.2, -0.15) is 0 Å². The quantitative estimate of drug-likeness (QED) is 0.725. The van der Waals surface area contributed by atoms with Crippen molar-refractivity contribution in [3.8, 4) is 0 Å². The average Bonchev–Trinajstić information content (AvgIpc) is 3.04. The standard InChI is InChI=1S/C17H23N3O3S/c1-3-4-14-16(24-20-19-14)17(22)18-11-15(23-10-9-21)13-7-5-12(2)6-8-13/h5-8,15,21H,3-4,9-11H2,1-2H3,(H,18,22). The van der Waals surface area contributed by atoms with Crippen molar-refractivity contribution in [3.05, 3.63) is 46.0 Å². The third-order valence-electron chi connectivity index (χ3n) is 3.56. The zero-order chi connectivity index (χ0) is 17.4. The van der Waals surface area contributed by atoms with Gasteiger partial charge in [-0.3, -0.25) is 4.79 Å². The number of carbonyl (C=O) groups excluding carboxylic acids is 1. The van der Waals surface area contributed by atoms with Gasteiger partial charge < -0.3 is 15.2 Å². The zero-order valence-electron chi connectivity index (χ0n) is 14.0. The topological polar surface area (TPSA) is 84.3 Å². The largest absolute Gasteiger partial charge is 0.394 e. The normalized spacial score (nSPS) is 12.1. The molecule has 1 unspecified atom stereocenters. The Hall–Kier alpha value is -1.83. The fraction of sp³-hybridized carbons (Fsp3) is 0.471. The number of nitrogens with zero attached hydrogens (tertiary/aromatic N) is 2. The highest BCUT2D eigenvalue weighted by Crippen LogP contribution is 2.18. The van der Waals surface area contributed by atoms with Gasteiger partial charge in [0, 0.05) is 6.54 Å². The van der Waals surface area contributed by atoms with Crippen LogP contribution in [-0.2, 0) is 11.2 Å². The summed E-state index contributed by atoms with van der Waals surface area (Å²) in [6.45, 7) is 4.54. The number of aryl methyl sites for hydroxylation is 2. The van der Waals surface area contributed by atoms with Crippen LogP contribution in [0.4, 0.5) is 0 Å². The maximum absolute atomic E-state index is 12.4. The minimum Gasteiger partial charge on any atom is -0.394 e. The monoisotopic (exact) mass is 349 g/mol. The third kappa shape index (κ3) is 5.09. The van der Waals surface area contributed by atoms with Crippen molar-refractivity contribution in [2.24, 2.45) is 0 Å². The van der Waals surface area contributed by atoms with Crippen LogP contribution in [-0.4, -0.2) is 40.4 Å². The van der Waals surface area contributed by atoms with E-state index in [-0.39, 0.29) is 25.2 Å². The van der Waals surface area contributed by atoms with E-state index in [1.807, 2.05) is 38.1 Å². The summed E-state index contributed by atoms with van der Waals surface area (Å²) in [5.74, 6) is -0.182. The van der Waals surface area contributed by atoms with Gasteiger partial charge in [0.1, 0.15) is 4.88 Å². The molecule has 2 rings (SSSR count). The summed E-state index contributed by atoms with van der Waals surface area (Å²) in [5, 5.41) is 15.9. The number of rotatable bonds is 9. The smallest absolute Gasteiger partial charge is 0.265 e. The van der Waals surface area contributed by atoms with E-state index < -0.39 is 0 Å². The highest BCUT2D eigenvalue weighted by atomic mass is 32.1. The lowest BCUT2D eigenvalue weighted by molar-refractivity contribution is 0.0277. The molecule has 0 aliphatic rings. The van der Waals surface area contributed by atoms with E-state index >= 15 is 0 Å². The van der Waals surface area contributed by atoms with Crippen LogP contribution in [0.25, 0.3) is 0 Å². The molecule has 0 spiro atoms. The summed E-state index contributed by atoms with van der Waals surface area (Å²) in [7, 11) is 0. The second-order valence-electron chi connectivity index (χ2n) is 5.50. The molecule has 6 nitrogen and oxygen atoms in total. The zero-order valence-corrected chi connectivity index (χ0v) is 14.8. The Morgan fingerprint density at radius 1 is 1.38 bits per heavy atom. The lowest BCUT2D eigenvalue weighted by atomic mass is 10.1. The molecule has 0 saturated heterocycles. The molecule has 0 saturated carbocycles. The van der Waals surface area contributed by atoms with Gasteiger partial charge in [0.05, 0.1) is 25.0 Å². The molecule has 0 bridgehead atoms. The molecule has 1 aromatic carbocycles. The Balaban J connectivity index is 2.02. The molecule has 2 N–H and O–H groups in total. The SMILES string of the molecule is CCCc1nnsc1C(=O)NCC(OCCO)c1ccc(C)cc1. The highest BCUT2D eigenvalue weighted by molar-refractivity contribution is 7.08. The molecule has 0 aliphatic carbocycles. The number of benzene rings is 1. The molecular weight excluding hydrogens is 326 g/mol. The van der Waals surface area contributed by atoms with E-state index in [4.69, 9.17) is 9.84 Å². The Morgan fingerprint density at radius 3 is 2.79 bits per heavy atom. The summed E-state index contributed by atoms with van der Waals surface area (Å²) in [4.78, 5) is 12.9. The summed E-state index contributed by atoms with van der Waals surface area (Å²) in [6.07, 6.45) is 1.34. The van der Waals surface area contributed by atoms with Crippen molar-refractivity contribution >= 4 is 17.4 Å². The van der Waals surface area contributed by atoms with Gasteiger partial charge in [-0.05, 0) is 30.4 Å². The van der Waals surface area contributed by atoms with Gasteiger partial charge in [-0.1, -0.05) is 47.7 Å². The number of carbonyl (C=O) groups is 1. The molecule has 0 radical (unpaired) electrons. The van der Waals surface area contributed by atoms with Crippen LogP contribution < -0.4 is 5.32 Å². The number of aliphatic hydroxyl groups excluding tert-OH is 1. The van der Waals surface area contributed by atoms with Crippen molar-refractivity contribution in [1.29, 1.82) is 0 Å². The van der Waals surface area contributed by atoms with Gasteiger partial charge in [-0.15, -0.1) is 5.10 Å². The molecule has 1 heterocycles. The van der Waals surface area contributed by atoms with E-state index in [0.29, 0.717) is 11.4 Å². The van der Waals surface area contributed by atoms with E-state index in [9.17, 15) is 4.79 Å². The molecule has 1 atom stereocenters. The second kappa shape index (κ2) is 9.46. The minimum atomic E-state index is -0.308. The Kier molecular flexibility index (Phi) is 7.30. The van der Waals surface area contributed by atoms with E-state index in [1.165, 1.54) is 0 Å². The lowest BCUT2D eigenvalue weighted by Gasteiger charge is -2.18. The molecule has 0 aliphatic heterocycles. The minimum absolute atomic E-state index is 0.0598. The molecule has 1 aromatic heterocycles. The second-order valence-corrected chi connectivity index (χ2v) is 6.26. The summed E-state index contributed by atoms with van der Waals surface area (Å²) in [6, 6.07) is 7.94. The van der Waals surface area contributed by atoms with Crippen molar-refractivity contribution in [2.45, 2.75) is 32.8 Å². The van der Waals surface area contributed by atoms with Gasteiger partial charge >= 0.3 is 0 Å². The number of hydrogen-bond acceptors (Lipinski definition) is 6. The first kappa shape index (κ1) is 18.5. The van der Waals surface area contributed by atoms with Crippen LogP contribution in [0.1, 0.15) is 45.9 Å². The first-order chi connectivity index (χ1) is 11.7. The van der Waals surface area contributed by atoms with E-state index in [0.717, 1.165) is 41.2 Å². The van der Waals surface area contributed by atoms with Crippen LogP contribution in [0.5, 0.6) is 0 Å². The molecule has 2 aromatic rings. The van der Waals surface area contributed by atoms with Gasteiger partial charge in [0.2, 0.25) is 0 Å². The Morgan fingerprint density at radius 2 is 2.12 bits per heavy atom. The van der Waals surface area contributed by atoms with Crippen LogP contribution in [0.3, 0.4) is 0 Å². The van der Waals surface area contributed by atoms with Crippen LogP contribution in [0.15, 0.2) is 24.3 Å². The molecule has 1 amide bonds. The number of aromatic nitrogens is 2. The highest BCUT2D eigenvalue weighted by Gasteiger charge is 2.18. The third-order valence-corrected chi connectivity index (χ3v) is 4.32. The van der Waals surface area contributed by atoms with Crippen LogP contribution in [0.2, 0.25) is 0 Å². The Labute approximate surface area is 146 Å². The summed E-state index contributed by atoms with van der Waals surface area (Å²) >= 11 is 1.11. The van der Waals surface area contributed by atoms with Crippen molar-refractivity contribution in [1.82, 2.24) is 14.9 Å². The number of nitrogens with one attached hydrogen (secondary N) is 1. The molecule has 24 heavy (non-hydrogen) atoms. The molecular formula is C17H23N3O3S. The predicted molar refractivity (Wildman–Crippen MR) is 93.2 cm³/mol. The number of aliphatic hydroxyl groups is 1. The average molecular weight is 349 g/mol. The maximum Gasteiger partial charge on any atom is 0.265 e. The number of hydrogen-bond donors (Lipinski definition) is 2. The number of amides is 1. The van der Waals surface area contributed by atoms with Gasteiger partial charge in [-0.25, -0.2) is 0 Å². The predicted octanol–water partition coefficient (Wildman–Crippen LogP) is 2.28. The maximum atomic E-state index is 12.4. The number of ether oxygens (including phenoxy) is 1. The summed E-state index contributed by atoms with van der Waals surface area (Å²) in [5.41, 5.74) is 2.86. The van der Waals surface area contributed by atoms with Crippen LogP contribution >= 0.6 is 11.5 Å². The van der Waals surface area contributed by atoms with E-state index in [1.54, 1.807) is 0 Å². The fourth-order valence-corrected chi connectivity index (χ4v) is 2.92. The molecule has 0 fully saturated rings. The van der Waals surface area contributed by atoms with Crippen molar-refractivity contribution < 1.29 is 14.6 Å². The molecule has 7 heteroatoms. The first-order valence-corrected chi connectivity index (χ1v) is 8.81. The lowest BCUT2D eigenvalue weighted by Crippen LogP contribution is -2.30. The van der Waals surface area contributed by atoms with Crippen molar-refractivity contribution in [2.75, 3.05) is 19.8 Å².